The zero-order chi connectivity index (χ0) is 13.1. The van der Waals surface area contributed by atoms with Crippen LogP contribution >= 0.6 is 0 Å². The number of hydrogen-bond donors (Lipinski definition) is 2. The minimum absolute atomic E-state index is 0.650. The number of nitrogens with zero attached hydrogens (tertiary/aromatic N) is 2. The molecule has 0 aliphatic heterocycles. The van der Waals surface area contributed by atoms with Crippen molar-refractivity contribution < 1.29 is 0 Å². The molecule has 0 amide bonds. The van der Waals surface area contributed by atoms with E-state index in [4.69, 9.17) is 0 Å². The van der Waals surface area contributed by atoms with E-state index in [1.807, 2.05) is 55.5 Å². The lowest BCUT2D eigenvalue weighted by Gasteiger charge is -1.93. The maximum Gasteiger partial charge on any atom is 0.222 e. The van der Waals surface area contributed by atoms with Crippen LogP contribution in [0.3, 0.4) is 0 Å². The van der Waals surface area contributed by atoms with Gasteiger partial charge in [-0.15, -0.1) is 0 Å². The summed E-state index contributed by atoms with van der Waals surface area (Å²) in [5.41, 5.74) is 7.09. The van der Waals surface area contributed by atoms with Crippen LogP contribution in [0, 0.1) is 6.92 Å². The van der Waals surface area contributed by atoms with Gasteiger partial charge >= 0.3 is 0 Å². The predicted molar refractivity (Wildman–Crippen MR) is 78.5 cm³/mol. The minimum Gasteiger partial charge on any atom is -0.323 e. The van der Waals surface area contributed by atoms with Crippen LogP contribution in [0.5, 0.6) is 0 Å². The fourth-order valence-electron chi connectivity index (χ4n) is 1.94. The van der Waals surface area contributed by atoms with Crippen molar-refractivity contribution in [3.8, 4) is 0 Å². The number of imidazole rings is 1. The average molecular weight is 250 g/mol. The Kier molecular flexibility index (Phi) is 2.98. The number of H-pyrrole nitrogens is 1. The Labute approximate surface area is 111 Å². The Balaban J connectivity index is 1.79. The topological polar surface area (TPSA) is 53.1 Å². The van der Waals surface area contributed by atoms with E-state index in [1.54, 1.807) is 6.21 Å². The summed E-state index contributed by atoms with van der Waals surface area (Å²) in [5, 5.41) is 4.17. The lowest BCUT2D eigenvalue weighted by molar-refractivity contribution is 1.21. The number of hydrogen-bond acceptors (Lipinski definition) is 3. The second-order valence-electron chi connectivity index (χ2n) is 4.34. The highest BCUT2D eigenvalue weighted by Gasteiger charge is 2.02. The van der Waals surface area contributed by atoms with Gasteiger partial charge in [0.15, 0.2) is 0 Å². The second kappa shape index (κ2) is 4.94. The van der Waals surface area contributed by atoms with E-state index in [2.05, 4.69) is 20.5 Å². The number of aromatic nitrogens is 2. The Morgan fingerprint density at radius 3 is 2.74 bits per heavy atom. The molecular formula is C15H14N4. The van der Waals surface area contributed by atoms with Gasteiger partial charge in [0.25, 0.3) is 0 Å². The third-order valence-electron chi connectivity index (χ3n) is 2.90. The highest BCUT2D eigenvalue weighted by Crippen LogP contribution is 2.17. The third-order valence-corrected chi connectivity index (χ3v) is 2.90. The number of anilines is 1. The van der Waals surface area contributed by atoms with Gasteiger partial charge in [0, 0.05) is 0 Å². The predicted octanol–water partition coefficient (Wildman–Crippen LogP) is 3.32. The van der Waals surface area contributed by atoms with E-state index in [0.717, 1.165) is 22.2 Å². The van der Waals surface area contributed by atoms with Crippen LogP contribution in [-0.2, 0) is 0 Å². The first-order chi connectivity index (χ1) is 9.33. The molecule has 0 saturated heterocycles. The zero-order valence-electron chi connectivity index (χ0n) is 10.6. The molecule has 3 aromatic rings. The molecule has 1 heterocycles. The van der Waals surface area contributed by atoms with E-state index in [-0.39, 0.29) is 0 Å². The first-order valence-electron chi connectivity index (χ1n) is 6.12. The lowest BCUT2D eigenvalue weighted by Crippen LogP contribution is -1.91. The van der Waals surface area contributed by atoms with Gasteiger partial charge in [-0.25, -0.2) is 10.4 Å². The average Bonchev–Trinajstić information content (AvgIpc) is 2.84. The highest BCUT2D eigenvalue weighted by molar-refractivity contribution is 5.82. The molecule has 0 bridgehead atoms. The van der Waals surface area contributed by atoms with Crippen LogP contribution in [0.15, 0.2) is 53.6 Å². The minimum atomic E-state index is 0.650. The number of fused-ring (bicyclic) bond motifs is 1. The van der Waals surface area contributed by atoms with Gasteiger partial charge in [-0.2, -0.15) is 5.10 Å². The summed E-state index contributed by atoms with van der Waals surface area (Å²) in [5.74, 6) is 0.650. The van der Waals surface area contributed by atoms with Crippen LogP contribution in [0.2, 0.25) is 0 Å². The van der Waals surface area contributed by atoms with Gasteiger partial charge in [0.1, 0.15) is 0 Å². The molecule has 19 heavy (non-hydrogen) atoms. The van der Waals surface area contributed by atoms with Crippen LogP contribution in [0.25, 0.3) is 11.0 Å². The van der Waals surface area contributed by atoms with Crippen molar-refractivity contribution in [1.82, 2.24) is 9.97 Å². The Bertz CT molecular complexity index is 713. The molecule has 0 unspecified atom stereocenters. The van der Waals surface area contributed by atoms with E-state index in [1.165, 1.54) is 0 Å². The Hall–Kier alpha value is -2.62. The number of hydrazone groups is 1. The van der Waals surface area contributed by atoms with E-state index >= 15 is 0 Å². The maximum atomic E-state index is 4.46. The number of aryl methyl sites for hydroxylation is 1. The van der Waals surface area contributed by atoms with Crippen molar-refractivity contribution in [3.05, 3.63) is 59.7 Å². The standard InChI is InChI=1S/C15H14N4/c1-11-6-5-9-13-14(11)18-15(17-13)19-16-10-12-7-3-2-4-8-12/h2-10H,1H3,(H2,17,18,19). The SMILES string of the molecule is Cc1cccc2[nH]c(NN=Cc3ccccc3)nc12. The molecule has 0 fully saturated rings. The number of aromatic amines is 1. The van der Waals surface area contributed by atoms with Crippen molar-refractivity contribution in [2.24, 2.45) is 5.10 Å². The fourth-order valence-corrected chi connectivity index (χ4v) is 1.94. The molecule has 0 saturated carbocycles. The molecule has 0 spiro atoms. The normalized spacial score (nSPS) is 11.2. The molecule has 0 atom stereocenters. The fraction of sp³-hybridized carbons (Fsp3) is 0.0667. The van der Waals surface area contributed by atoms with E-state index in [0.29, 0.717) is 5.95 Å². The quantitative estimate of drug-likeness (QED) is 0.553. The molecule has 94 valence electrons. The van der Waals surface area contributed by atoms with Crippen LogP contribution < -0.4 is 5.43 Å². The van der Waals surface area contributed by atoms with Crippen LogP contribution in [-0.4, -0.2) is 16.2 Å². The van der Waals surface area contributed by atoms with Gasteiger partial charge in [0.2, 0.25) is 5.95 Å². The number of benzene rings is 2. The molecule has 2 aromatic carbocycles. The molecule has 2 N–H and O–H groups in total. The summed E-state index contributed by atoms with van der Waals surface area (Å²) in [4.78, 5) is 7.65. The summed E-state index contributed by atoms with van der Waals surface area (Å²) < 4.78 is 0. The highest BCUT2D eigenvalue weighted by atomic mass is 15.3. The molecule has 0 aliphatic rings. The molecule has 4 heteroatoms. The van der Waals surface area contributed by atoms with Crippen molar-refractivity contribution in [3.63, 3.8) is 0 Å². The molecule has 0 aliphatic carbocycles. The molecule has 4 nitrogen and oxygen atoms in total. The van der Waals surface area contributed by atoms with Gasteiger partial charge in [-0.3, -0.25) is 0 Å². The van der Waals surface area contributed by atoms with Crippen molar-refractivity contribution in [2.45, 2.75) is 6.92 Å². The number of rotatable bonds is 3. The van der Waals surface area contributed by atoms with E-state index < -0.39 is 0 Å². The third kappa shape index (κ3) is 2.47. The van der Waals surface area contributed by atoms with Crippen molar-refractivity contribution in [2.75, 3.05) is 5.43 Å². The van der Waals surface area contributed by atoms with Gasteiger partial charge in [-0.1, -0.05) is 42.5 Å². The molecule has 1 aromatic heterocycles. The Morgan fingerprint density at radius 2 is 1.95 bits per heavy atom. The molecule has 3 rings (SSSR count). The largest absolute Gasteiger partial charge is 0.323 e. The number of nitrogens with one attached hydrogen (secondary N) is 2. The second-order valence-corrected chi connectivity index (χ2v) is 4.34. The number of para-hydroxylation sites is 1. The van der Waals surface area contributed by atoms with Gasteiger partial charge < -0.3 is 4.98 Å². The summed E-state index contributed by atoms with van der Waals surface area (Å²) in [6, 6.07) is 16.0. The molecular weight excluding hydrogens is 236 g/mol. The molecule has 0 radical (unpaired) electrons. The summed E-state index contributed by atoms with van der Waals surface area (Å²) in [6.07, 6.45) is 1.76. The monoisotopic (exact) mass is 250 g/mol. The van der Waals surface area contributed by atoms with Crippen LogP contribution in [0.1, 0.15) is 11.1 Å². The summed E-state index contributed by atoms with van der Waals surface area (Å²) in [7, 11) is 0. The van der Waals surface area contributed by atoms with Crippen molar-refractivity contribution in [1.29, 1.82) is 0 Å². The van der Waals surface area contributed by atoms with Crippen molar-refractivity contribution >= 4 is 23.2 Å². The summed E-state index contributed by atoms with van der Waals surface area (Å²) in [6.45, 7) is 2.04. The van der Waals surface area contributed by atoms with Gasteiger partial charge in [0.05, 0.1) is 17.2 Å². The smallest absolute Gasteiger partial charge is 0.222 e. The maximum absolute atomic E-state index is 4.46. The first kappa shape index (κ1) is 11.5. The Morgan fingerprint density at radius 1 is 1.11 bits per heavy atom. The first-order valence-corrected chi connectivity index (χ1v) is 6.12. The van der Waals surface area contributed by atoms with Gasteiger partial charge in [-0.05, 0) is 24.1 Å². The van der Waals surface area contributed by atoms with E-state index in [9.17, 15) is 0 Å². The zero-order valence-corrected chi connectivity index (χ0v) is 10.6. The summed E-state index contributed by atoms with van der Waals surface area (Å²) >= 11 is 0. The van der Waals surface area contributed by atoms with Crippen LogP contribution in [0.4, 0.5) is 5.95 Å². The lowest BCUT2D eigenvalue weighted by atomic mass is 10.2.